The van der Waals surface area contributed by atoms with E-state index in [9.17, 15) is 0 Å². The van der Waals surface area contributed by atoms with Gasteiger partial charge in [0.2, 0.25) is 0 Å². The van der Waals surface area contributed by atoms with Gasteiger partial charge in [-0.3, -0.25) is 0 Å². The number of benzene rings is 1. The Balaban J connectivity index is 2.72. The van der Waals surface area contributed by atoms with Crippen LogP contribution < -0.4 is 4.74 Å². The van der Waals surface area contributed by atoms with E-state index in [1.54, 1.807) is 26.0 Å². The average molecular weight is 266 g/mol. The lowest BCUT2D eigenvalue weighted by atomic mass is 10.1. The van der Waals surface area contributed by atoms with Crippen molar-refractivity contribution >= 4 is 11.8 Å². The van der Waals surface area contributed by atoms with Crippen LogP contribution >= 0.6 is 11.8 Å². The van der Waals surface area contributed by atoms with Gasteiger partial charge >= 0.3 is 0 Å². The molecular formula is C14H18O3S. The second-order valence-corrected chi connectivity index (χ2v) is 4.64. The molecule has 0 saturated carbocycles. The first kappa shape index (κ1) is 14.9. The summed E-state index contributed by atoms with van der Waals surface area (Å²) in [4.78, 5) is 0. The molecule has 18 heavy (non-hydrogen) atoms. The lowest BCUT2D eigenvalue weighted by molar-refractivity contribution is 0.218. The van der Waals surface area contributed by atoms with Gasteiger partial charge in [-0.25, -0.2) is 0 Å². The highest BCUT2D eigenvalue weighted by molar-refractivity contribution is 7.98. The molecule has 1 rings (SSSR count). The van der Waals surface area contributed by atoms with Gasteiger partial charge in [-0.15, -0.1) is 0 Å². The number of hydrogen-bond donors (Lipinski definition) is 1. The summed E-state index contributed by atoms with van der Waals surface area (Å²) in [5.41, 5.74) is 2.01. The van der Waals surface area contributed by atoms with Gasteiger partial charge in [0.1, 0.15) is 12.4 Å². The first-order chi connectivity index (χ1) is 8.81. The van der Waals surface area contributed by atoms with Gasteiger partial charge in [0.05, 0.1) is 13.7 Å². The van der Waals surface area contributed by atoms with Gasteiger partial charge in [-0.05, 0) is 18.2 Å². The highest BCUT2D eigenvalue weighted by Crippen LogP contribution is 2.24. The molecule has 0 radical (unpaired) electrons. The van der Waals surface area contributed by atoms with Gasteiger partial charge in [0.15, 0.2) is 0 Å². The Bertz CT molecular complexity index is 421. The third kappa shape index (κ3) is 5.01. The van der Waals surface area contributed by atoms with Crippen LogP contribution in [0, 0.1) is 11.8 Å². The Morgan fingerprint density at radius 3 is 2.83 bits per heavy atom. The van der Waals surface area contributed by atoms with E-state index < -0.39 is 0 Å². The predicted molar refractivity (Wildman–Crippen MR) is 75.0 cm³/mol. The monoisotopic (exact) mass is 266 g/mol. The fourth-order valence-electron chi connectivity index (χ4n) is 1.44. The van der Waals surface area contributed by atoms with E-state index in [1.165, 1.54) is 0 Å². The first-order valence-electron chi connectivity index (χ1n) is 5.65. The van der Waals surface area contributed by atoms with E-state index in [4.69, 9.17) is 14.6 Å². The smallest absolute Gasteiger partial charge is 0.122 e. The Morgan fingerprint density at radius 1 is 1.33 bits per heavy atom. The van der Waals surface area contributed by atoms with Gasteiger partial charge in [0, 0.05) is 29.7 Å². The van der Waals surface area contributed by atoms with Gasteiger partial charge in [-0.1, -0.05) is 11.8 Å². The van der Waals surface area contributed by atoms with E-state index >= 15 is 0 Å². The van der Waals surface area contributed by atoms with Crippen molar-refractivity contribution in [3.8, 4) is 17.6 Å². The van der Waals surface area contributed by atoms with Crippen LogP contribution in [0.3, 0.4) is 0 Å². The summed E-state index contributed by atoms with van der Waals surface area (Å²) in [6.07, 6.45) is 0. The molecule has 0 aliphatic carbocycles. The van der Waals surface area contributed by atoms with Crippen LogP contribution in [-0.4, -0.2) is 38.3 Å². The molecule has 0 bridgehead atoms. The zero-order chi connectivity index (χ0) is 13.2. The topological polar surface area (TPSA) is 38.7 Å². The molecule has 0 heterocycles. The second kappa shape index (κ2) is 8.87. The molecule has 0 amide bonds. The van der Waals surface area contributed by atoms with Crippen molar-refractivity contribution < 1.29 is 14.6 Å². The summed E-state index contributed by atoms with van der Waals surface area (Å²) >= 11 is 1.79. The van der Waals surface area contributed by atoms with Crippen molar-refractivity contribution in [3.63, 3.8) is 0 Å². The standard InChI is InChI=1S/C14H18O3S/c1-16-8-9-18-11-13-10-12(4-3-7-15)5-6-14(13)17-2/h5-6,10,15H,7-9,11H2,1-2H3. The van der Waals surface area contributed by atoms with Crippen LogP contribution in [0.1, 0.15) is 11.1 Å². The molecule has 0 atom stereocenters. The van der Waals surface area contributed by atoms with Crippen molar-refractivity contribution in [2.45, 2.75) is 5.75 Å². The third-order valence-electron chi connectivity index (χ3n) is 2.28. The summed E-state index contributed by atoms with van der Waals surface area (Å²) in [6, 6.07) is 5.81. The molecule has 3 nitrogen and oxygen atoms in total. The summed E-state index contributed by atoms with van der Waals surface area (Å²) in [7, 11) is 3.37. The highest BCUT2D eigenvalue weighted by Gasteiger charge is 2.03. The minimum atomic E-state index is -0.121. The molecule has 0 fully saturated rings. The highest BCUT2D eigenvalue weighted by atomic mass is 32.2. The summed E-state index contributed by atoms with van der Waals surface area (Å²) in [5, 5.41) is 8.68. The Kier molecular flexibility index (Phi) is 7.35. The van der Waals surface area contributed by atoms with E-state index in [-0.39, 0.29) is 6.61 Å². The molecule has 0 aromatic heterocycles. The molecule has 0 unspecified atom stereocenters. The van der Waals surface area contributed by atoms with Crippen molar-refractivity contribution in [2.24, 2.45) is 0 Å². The van der Waals surface area contributed by atoms with Gasteiger partial charge in [-0.2, -0.15) is 11.8 Å². The average Bonchev–Trinajstić information content (AvgIpc) is 2.41. The largest absolute Gasteiger partial charge is 0.496 e. The fourth-order valence-corrected chi connectivity index (χ4v) is 2.31. The molecule has 0 saturated heterocycles. The fraction of sp³-hybridized carbons (Fsp3) is 0.429. The van der Waals surface area contributed by atoms with Crippen LogP contribution in [0.5, 0.6) is 5.75 Å². The first-order valence-corrected chi connectivity index (χ1v) is 6.80. The van der Waals surface area contributed by atoms with E-state index in [0.29, 0.717) is 0 Å². The van der Waals surface area contributed by atoms with Crippen molar-refractivity contribution in [1.82, 2.24) is 0 Å². The Hall–Kier alpha value is -1.15. The summed E-state index contributed by atoms with van der Waals surface area (Å²) in [5.74, 6) is 8.22. The van der Waals surface area contributed by atoms with Gasteiger partial charge < -0.3 is 14.6 Å². The van der Waals surface area contributed by atoms with Gasteiger partial charge in [0.25, 0.3) is 0 Å². The maximum Gasteiger partial charge on any atom is 0.122 e. The minimum absolute atomic E-state index is 0.121. The predicted octanol–water partition coefficient (Wildman–Crippen LogP) is 1.92. The lowest BCUT2D eigenvalue weighted by Gasteiger charge is -2.08. The molecule has 1 aromatic rings. The molecule has 1 N–H and O–H groups in total. The lowest BCUT2D eigenvalue weighted by Crippen LogP contribution is -1.95. The number of aliphatic hydroxyl groups excluding tert-OH is 1. The van der Waals surface area contributed by atoms with Crippen molar-refractivity contribution in [1.29, 1.82) is 0 Å². The Labute approximate surface area is 112 Å². The molecule has 0 aliphatic rings. The molecule has 98 valence electrons. The number of thioether (sulfide) groups is 1. The number of rotatable bonds is 6. The zero-order valence-electron chi connectivity index (χ0n) is 10.7. The number of aliphatic hydroxyl groups is 1. The molecule has 0 aliphatic heterocycles. The van der Waals surface area contributed by atoms with E-state index in [0.717, 1.165) is 35.0 Å². The number of ether oxygens (including phenoxy) is 2. The van der Waals surface area contributed by atoms with Crippen LogP contribution in [0.25, 0.3) is 0 Å². The third-order valence-corrected chi connectivity index (χ3v) is 3.25. The maximum atomic E-state index is 8.68. The molecule has 0 spiro atoms. The molecule has 4 heteroatoms. The SMILES string of the molecule is COCCSCc1cc(C#CCO)ccc1OC. The molecule has 1 aromatic carbocycles. The van der Waals surface area contributed by atoms with Crippen LogP contribution in [0.15, 0.2) is 18.2 Å². The summed E-state index contributed by atoms with van der Waals surface area (Å²) < 4.78 is 10.3. The zero-order valence-corrected chi connectivity index (χ0v) is 11.5. The van der Waals surface area contributed by atoms with Crippen LogP contribution in [0.2, 0.25) is 0 Å². The maximum absolute atomic E-state index is 8.68. The van der Waals surface area contributed by atoms with Crippen molar-refractivity contribution in [2.75, 3.05) is 33.2 Å². The second-order valence-electron chi connectivity index (χ2n) is 3.53. The van der Waals surface area contributed by atoms with Crippen LogP contribution in [0.4, 0.5) is 0 Å². The quantitative estimate of drug-likeness (QED) is 0.630. The molecular weight excluding hydrogens is 248 g/mol. The minimum Gasteiger partial charge on any atom is -0.496 e. The van der Waals surface area contributed by atoms with E-state index in [2.05, 4.69) is 11.8 Å². The van der Waals surface area contributed by atoms with E-state index in [1.807, 2.05) is 18.2 Å². The number of hydrogen-bond acceptors (Lipinski definition) is 4. The number of methoxy groups -OCH3 is 2. The summed E-state index contributed by atoms with van der Waals surface area (Å²) in [6.45, 7) is 0.626. The van der Waals surface area contributed by atoms with Crippen LogP contribution in [-0.2, 0) is 10.5 Å². The van der Waals surface area contributed by atoms with Crippen molar-refractivity contribution in [3.05, 3.63) is 29.3 Å². The Morgan fingerprint density at radius 2 is 2.17 bits per heavy atom. The normalized spacial score (nSPS) is 9.72.